The number of hydrogen-bond acceptors (Lipinski definition) is 3. The van der Waals surface area contributed by atoms with Crippen LogP contribution >= 0.6 is 0 Å². The highest BCUT2D eigenvalue weighted by Crippen LogP contribution is 2.44. The van der Waals surface area contributed by atoms with E-state index in [9.17, 15) is 9.18 Å². The van der Waals surface area contributed by atoms with E-state index in [-0.39, 0.29) is 17.6 Å². The van der Waals surface area contributed by atoms with Crippen molar-refractivity contribution in [3.05, 3.63) is 35.6 Å². The van der Waals surface area contributed by atoms with E-state index >= 15 is 0 Å². The van der Waals surface area contributed by atoms with Crippen molar-refractivity contribution >= 4 is 11.7 Å². The molecule has 5 nitrogen and oxygen atoms in total. The molecule has 0 aliphatic carbocycles. The molecule has 120 valence electrons. The SMILES string of the molecule is O=C1C[C@H](C2CCNCC2)c2c(n[nH]c2-c2ccc(F)cc2)N1. The Morgan fingerprint density at radius 2 is 1.87 bits per heavy atom. The summed E-state index contributed by atoms with van der Waals surface area (Å²) in [4.78, 5) is 12.0. The fraction of sp³-hybridized carbons (Fsp3) is 0.412. The number of carbonyl (C=O) groups is 1. The quantitative estimate of drug-likeness (QED) is 0.798. The first-order chi connectivity index (χ1) is 11.2. The number of nitrogens with zero attached hydrogens (tertiary/aromatic N) is 1. The van der Waals surface area contributed by atoms with Crippen LogP contribution in [0.3, 0.4) is 0 Å². The van der Waals surface area contributed by atoms with Gasteiger partial charge in [-0.05, 0) is 56.1 Å². The molecular formula is C17H19FN4O. The average Bonchev–Trinajstić information content (AvgIpc) is 2.99. The minimum Gasteiger partial charge on any atom is -0.317 e. The molecule has 1 saturated heterocycles. The van der Waals surface area contributed by atoms with Crippen LogP contribution in [-0.2, 0) is 4.79 Å². The number of amides is 1. The zero-order valence-electron chi connectivity index (χ0n) is 12.7. The largest absolute Gasteiger partial charge is 0.317 e. The number of rotatable bonds is 2. The molecule has 0 unspecified atom stereocenters. The van der Waals surface area contributed by atoms with Crippen molar-refractivity contribution in [3.63, 3.8) is 0 Å². The second kappa shape index (κ2) is 5.77. The van der Waals surface area contributed by atoms with Crippen LogP contribution in [0.5, 0.6) is 0 Å². The highest BCUT2D eigenvalue weighted by Gasteiger charge is 2.36. The number of anilines is 1. The molecule has 1 atom stereocenters. The van der Waals surface area contributed by atoms with Crippen molar-refractivity contribution < 1.29 is 9.18 Å². The smallest absolute Gasteiger partial charge is 0.226 e. The fourth-order valence-electron chi connectivity index (χ4n) is 3.78. The van der Waals surface area contributed by atoms with Gasteiger partial charge in [0.1, 0.15) is 5.82 Å². The number of benzene rings is 1. The van der Waals surface area contributed by atoms with Crippen LogP contribution in [0.1, 0.15) is 30.7 Å². The van der Waals surface area contributed by atoms with Gasteiger partial charge in [-0.3, -0.25) is 9.89 Å². The molecule has 0 saturated carbocycles. The molecule has 2 aromatic rings. The first-order valence-electron chi connectivity index (χ1n) is 8.07. The Labute approximate surface area is 133 Å². The molecule has 0 bridgehead atoms. The monoisotopic (exact) mass is 314 g/mol. The molecule has 2 aliphatic rings. The zero-order chi connectivity index (χ0) is 15.8. The van der Waals surface area contributed by atoms with E-state index in [1.54, 1.807) is 12.1 Å². The Morgan fingerprint density at radius 1 is 1.13 bits per heavy atom. The van der Waals surface area contributed by atoms with Gasteiger partial charge in [-0.1, -0.05) is 0 Å². The third-order valence-electron chi connectivity index (χ3n) is 4.92. The number of fused-ring (bicyclic) bond motifs is 1. The molecule has 1 aromatic carbocycles. The van der Waals surface area contributed by atoms with E-state index in [2.05, 4.69) is 20.8 Å². The second-order valence-corrected chi connectivity index (χ2v) is 6.31. The summed E-state index contributed by atoms with van der Waals surface area (Å²) in [7, 11) is 0. The predicted molar refractivity (Wildman–Crippen MR) is 85.6 cm³/mol. The summed E-state index contributed by atoms with van der Waals surface area (Å²) in [5.41, 5.74) is 2.86. The molecular weight excluding hydrogens is 295 g/mol. The van der Waals surface area contributed by atoms with Gasteiger partial charge in [-0.15, -0.1) is 0 Å². The summed E-state index contributed by atoms with van der Waals surface area (Å²) < 4.78 is 13.2. The summed E-state index contributed by atoms with van der Waals surface area (Å²) in [6.07, 6.45) is 2.61. The van der Waals surface area contributed by atoms with Gasteiger partial charge in [0.15, 0.2) is 5.82 Å². The molecule has 1 fully saturated rings. The lowest BCUT2D eigenvalue weighted by Crippen LogP contribution is -2.34. The van der Waals surface area contributed by atoms with Crippen molar-refractivity contribution in [3.8, 4) is 11.3 Å². The maximum Gasteiger partial charge on any atom is 0.226 e. The number of piperidine rings is 1. The molecule has 6 heteroatoms. The van der Waals surface area contributed by atoms with Crippen LogP contribution in [-0.4, -0.2) is 29.2 Å². The fourth-order valence-corrected chi connectivity index (χ4v) is 3.78. The summed E-state index contributed by atoms with van der Waals surface area (Å²) in [5, 5.41) is 13.6. The van der Waals surface area contributed by atoms with E-state index in [0.717, 1.165) is 42.8 Å². The molecule has 23 heavy (non-hydrogen) atoms. The lowest BCUT2D eigenvalue weighted by atomic mass is 9.76. The van der Waals surface area contributed by atoms with Gasteiger partial charge in [0.05, 0.1) is 5.69 Å². The van der Waals surface area contributed by atoms with Gasteiger partial charge in [-0.25, -0.2) is 4.39 Å². The highest BCUT2D eigenvalue weighted by molar-refractivity contribution is 5.95. The van der Waals surface area contributed by atoms with Crippen LogP contribution < -0.4 is 10.6 Å². The second-order valence-electron chi connectivity index (χ2n) is 6.31. The molecule has 2 aliphatic heterocycles. The maximum atomic E-state index is 13.2. The zero-order valence-corrected chi connectivity index (χ0v) is 12.7. The molecule has 1 aromatic heterocycles. The normalized spacial score (nSPS) is 21.8. The first kappa shape index (κ1) is 14.4. The molecule has 3 N–H and O–H groups in total. The first-order valence-corrected chi connectivity index (χ1v) is 8.07. The Morgan fingerprint density at radius 3 is 2.61 bits per heavy atom. The lowest BCUT2D eigenvalue weighted by Gasteiger charge is -2.33. The van der Waals surface area contributed by atoms with E-state index in [4.69, 9.17) is 0 Å². The number of carbonyl (C=O) groups excluding carboxylic acids is 1. The predicted octanol–water partition coefficient (Wildman–Crippen LogP) is 2.64. The Bertz CT molecular complexity index is 719. The molecule has 0 spiro atoms. The van der Waals surface area contributed by atoms with Crippen LogP contribution in [0.25, 0.3) is 11.3 Å². The number of hydrogen-bond donors (Lipinski definition) is 3. The summed E-state index contributed by atoms with van der Waals surface area (Å²) in [6, 6.07) is 6.39. The third kappa shape index (κ3) is 2.63. The lowest BCUT2D eigenvalue weighted by molar-refractivity contribution is -0.117. The van der Waals surface area contributed by atoms with Gasteiger partial charge < -0.3 is 10.6 Å². The van der Waals surface area contributed by atoms with Crippen molar-refractivity contribution in [1.82, 2.24) is 15.5 Å². The van der Waals surface area contributed by atoms with Crippen LogP contribution in [0, 0.1) is 11.7 Å². The van der Waals surface area contributed by atoms with E-state index in [1.165, 1.54) is 12.1 Å². The van der Waals surface area contributed by atoms with E-state index < -0.39 is 0 Å². The number of nitrogens with one attached hydrogen (secondary N) is 3. The Hall–Kier alpha value is -2.21. The van der Waals surface area contributed by atoms with Crippen molar-refractivity contribution in [2.75, 3.05) is 18.4 Å². The Balaban J connectivity index is 1.76. The maximum absolute atomic E-state index is 13.2. The number of halogens is 1. The number of aromatic amines is 1. The minimum atomic E-state index is -0.259. The topological polar surface area (TPSA) is 69.8 Å². The van der Waals surface area contributed by atoms with Gasteiger partial charge in [0.25, 0.3) is 0 Å². The standard InChI is InChI=1S/C17H19FN4O/c18-12-3-1-11(2-4-12)16-15-13(10-5-7-19-8-6-10)9-14(23)20-17(15)22-21-16/h1-4,10,13,19H,5-9H2,(H2,20,21,22,23)/t13-/m1/s1. The van der Waals surface area contributed by atoms with Crippen molar-refractivity contribution in [2.45, 2.75) is 25.2 Å². The van der Waals surface area contributed by atoms with Crippen molar-refractivity contribution in [2.24, 2.45) is 5.92 Å². The summed E-state index contributed by atoms with van der Waals surface area (Å²) in [6.45, 7) is 1.98. The van der Waals surface area contributed by atoms with Crippen LogP contribution in [0.4, 0.5) is 10.2 Å². The molecule has 0 radical (unpaired) electrons. The molecule has 3 heterocycles. The highest BCUT2D eigenvalue weighted by atomic mass is 19.1. The molecule has 1 amide bonds. The Kier molecular flexibility index (Phi) is 3.61. The van der Waals surface area contributed by atoms with Crippen molar-refractivity contribution in [1.29, 1.82) is 0 Å². The minimum absolute atomic E-state index is 0.0261. The summed E-state index contributed by atoms with van der Waals surface area (Å²) >= 11 is 0. The third-order valence-corrected chi connectivity index (χ3v) is 4.92. The van der Waals surface area contributed by atoms with E-state index in [0.29, 0.717) is 18.2 Å². The van der Waals surface area contributed by atoms with Crippen LogP contribution in [0.15, 0.2) is 24.3 Å². The van der Waals surface area contributed by atoms with Gasteiger partial charge >= 0.3 is 0 Å². The molecule has 4 rings (SSSR count). The average molecular weight is 314 g/mol. The van der Waals surface area contributed by atoms with Gasteiger partial charge in [0.2, 0.25) is 5.91 Å². The number of H-pyrrole nitrogens is 1. The number of aromatic nitrogens is 2. The van der Waals surface area contributed by atoms with E-state index in [1.807, 2.05) is 0 Å². The van der Waals surface area contributed by atoms with Gasteiger partial charge in [0, 0.05) is 23.5 Å². The van der Waals surface area contributed by atoms with Gasteiger partial charge in [-0.2, -0.15) is 5.10 Å². The summed E-state index contributed by atoms with van der Waals surface area (Å²) in [5.74, 6) is 1.03. The van der Waals surface area contributed by atoms with Crippen LogP contribution in [0.2, 0.25) is 0 Å².